The summed E-state index contributed by atoms with van der Waals surface area (Å²) in [5.41, 5.74) is 2.75. The van der Waals surface area contributed by atoms with Crippen LogP contribution in [0.2, 0.25) is 0 Å². The van der Waals surface area contributed by atoms with E-state index in [1.807, 2.05) is 27.7 Å². The zero-order valence-electron chi connectivity index (χ0n) is 11.7. The number of hydrogen-bond acceptors (Lipinski definition) is 2. The minimum absolute atomic E-state index is 0.181. The van der Waals surface area contributed by atoms with E-state index >= 15 is 0 Å². The number of hydrogen-bond donors (Lipinski definition) is 0. The Bertz CT molecular complexity index is 320. The Morgan fingerprint density at radius 2 is 1.94 bits per heavy atom. The molecule has 0 saturated carbocycles. The highest BCUT2D eigenvalue weighted by molar-refractivity contribution is 5.52. The van der Waals surface area contributed by atoms with E-state index in [4.69, 9.17) is 4.84 Å². The van der Waals surface area contributed by atoms with Crippen molar-refractivity contribution in [3.63, 3.8) is 0 Å². The zero-order chi connectivity index (χ0) is 13.1. The van der Waals surface area contributed by atoms with Crippen molar-refractivity contribution in [2.24, 2.45) is 5.16 Å². The number of aryl methyl sites for hydroxylation is 2. The van der Waals surface area contributed by atoms with Crippen LogP contribution in [0.15, 0.2) is 29.4 Å². The van der Waals surface area contributed by atoms with E-state index < -0.39 is 0 Å². The second-order valence-electron chi connectivity index (χ2n) is 3.74. The molecule has 0 aliphatic rings. The molecule has 0 heterocycles. The molecule has 2 nitrogen and oxygen atoms in total. The standard InChI is InChI=1S/C13H19NO.C2H6/c1-4-14-15-12(3)9-10-13-8-6-5-7-11(13)2;1-2/h4-8,12H,9-10H2,1-3H3;1-2H3/b14-4+;. The van der Waals surface area contributed by atoms with Crippen molar-refractivity contribution in [1.82, 2.24) is 0 Å². The Hall–Kier alpha value is -1.31. The van der Waals surface area contributed by atoms with Crippen LogP contribution in [-0.2, 0) is 11.3 Å². The van der Waals surface area contributed by atoms with Gasteiger partial charge in [-0.15, -0.1) is 0 Å². The topological polar surface area (TPSA) is 21.6 Å². The monoisotopic (exact) mass is 235 g/mol. The third-order valence-electron chi connectivity index (χ3n) is 2.43. The third kappa shape index (κ3) is 6.77. The second-order valence-corrected chi connectivity index (χ2v) is 3.74. The molecule has 1 unspecified atom stereocenters. The lowest BCUT2D eigenvalue weighted by Crippen LogP contribution is -2.06. The van der Waals surface area contributed by atoms with Crippen molar-refractivity contribution in [1.29, 1.82) is 0 Å². The van der Waals surface area contributed by atoms with E-state index in [0.717, 1.165) is 12.8 Å². The minimum atomic E-state index is 0.181. The first-order valence-corrected chi connectivity index (χ1v) is 6.42. The molecule has 0 fully saturated rings. The first kappa shape index (κ1) is 15.7. The smallest absolute Gasteiger partial charge is 0.125 e. The van der Waals surface area contributed by atoms with E-state index in [1.54, 1.807) is 6.21 Å². The molecule has 0 aliphatic heterocycles. The average Bonchev–Trinajstić information content (AvgIpc) is 2.38. The van der Waals surface area contributed by atoms with Gasteiger partial charge >= 0.3 is 0 Å². The largest absolute Gasteiger partial charge is 0.393 e. The van der Waals surface area contributed by atoms with Gasteiger partial charge in [0, 0.05) is 6.21 Å². The molecular weight excluding hydrogens is 210 g/mol. The van der Waals surface area contributed by atoms with Crippen LogP contribution in [0.25, 0.3) is 0 Å². The molecule has 17 heavy (non-hydrogen) atoms. The summed E-state index contributed by atoms with van der Waals surface area (Å²) in [4.78, 5) is 5.22. The summed E-state index contributed by atoms with van der Waals surface area (Å²) in [6.45, 7) is 10.0. The molecule has 0 saturated heterocycles. The van der Waals surface area contributed by atoms with Gasteiger partial charge in [0.1, 0.15) is 6.10 Å². The lowest BCUT2D eigenvalue weighted by atomic mass is 10.0. The normalized spacial score (nSPS) is 11.8. The molecule has 1 aromatic rings. The lowest BCUT2D eigenvalue weighted by molar-refractivity contribution is 0.0676. The minimum Gasteiger partial charge on any atom is -0.393 e. The lowest BCUT2D eigenvalue weighted by Gasteiger charge is -2.10. The van der Waals surface area contributed by atoms with Gasteiger partial charge in [0.25, 0.3) is 0 Å². The average molecular weight is 235 g/mol. The molecule has 2 heteroatoms. The summed E-state index contributed by atoms with van der Waals surface area (Å²) in [7, 11) is 0. The summed E-state index contributed by atoms with van der Waals surface area (Å²) < 4.78 is 0. The van der Waals surface area contributed by atoms with Crippen LogP contribution in [0.5, 0.6) is 0 Å². The maximum absolute atomic E-state index is 5.22. The van der Waals surface area contributed by atoms with Crippen LogP contribution in [0.1, 0.15) is 45.2 Å². The molecule has 0 aromatic heterocycles. The van der Waals surface area contributed by atoms with Crippen molar-refractivity contribution in [2.75, 3.05) is 0 Å². The molecule has 0 aliphatic carbocycles. The molecule has 1 rings (SSSR count). The van der Waals surface area contributed by atoms with E-state index in [1.165, 1.54) is 11.1 Å². The Morgan fingerprint density at radius 1 is 1.29 bits per heavy atom. The van der Waals surface area contributed by atoms with E-state index in [9.17, 15) is 0 Å². The molecule has 1 atom stereocenters. The number of oxime groups is 1. The fraction of sp³-hybridized carbons (Fsp3) is 0.533. The van der Waals surface area contributed by atoms with E-state index in [2.05, 4.69) is 36.3 Å². The van der Waals surface area contributed by atoms with Gasteiger partial charge in [0.05, 0.1) is 0 Å². The summed E-state index contributed by atoms with van der Waals surface area (Å²) in [5.74, 6) is 0. The van der Waals surface area contributed by atoms with E-state index in [-0.39, 0.29) is 6.10 Å². The molecule has 0 spiro atoms. The third-order valence-corrected chi connectivity index (χ3v) is 2.43. The van der Waals surface area contributed by atoms with Gasteiger partial charge in [-0.25, -0.2) is 0 Å². The molecule has 0 N–H and O–H groups in total. The van der Waals surface area contributed by atoms with Crippen molar-refractivity contribution < 1.29 is 4.84 Å². The summed E-state index contributed by atoms with van der Waals surface area (Å²) in [6, 6.07) is 8.47. The fourth-order valence-corrected chi connectivity index (χ4v) is 1.47. The zero-order valence-corrected chi connectivity index (χ0v) is 11.7. The first-order chi connectivity index (χ1) is 8.24. The predicted octanol–water partition coefficient (Wildman–Crippen LogP) is 4.36. The van der Waals surface area contributed by atoms with Crippen LogP contribution in [-0.4, -0.2) is 12.3 Å². The number of benzene rings is 1. The summed E-state index contributed by atoms with van der Waals surface area (Å²) in [6.07, 6.45) is 3.90. The van der Waals surface area contributed by atoms with Gasteiger partial charge in [0.2, 0.25) is 0 Å². The van der Waals surface area contributed by atoms with E-state index in [0.29, 0.717) is 0 Å². The Balaban J connectivity index is 0.00000121. The van der Waals surface area contributed by atoms with Crippen molar-refractivity contribution in [3.05, 3.63) is 35.4 Å². The molecule has 1 aromatic carbocycles. The molecule has 96 valence electrons. The number of rotatable bonds is 5. The highest BCUT2D eigenvalue weighted by Gasteiger charge is 2.03. The Morgan fingerprint density at radius 3 is 2.53 bits per heavy atom. The van der Waals surface area contributed by atoms with Crippen LogP contribution in [0.3, 0.4) is 0 Å². The fourth-order valence-electron chi connectivity index (χ4n) is 1.47. The van der Waals surface area contributed by atoms with Crippen LogP contribution in [0.4, 0.5) is 0 Å². The molecule has 0 amide bonds. The van der Waals surface area contributed by atoms with Gasteiger partial charge in [-0.1, -0.05) is 43.3 Å². The quantitative estimate of drug-likeness (QED) is 0.548. The maximum atomic E-state index is 5.22. The Labute approximate surface area is 106 Å². The predicted molar refractivity (Wildman–Crippen MR) is 75.6 cm³/mol. The van der Waals surface area contributed by atoms with Crippen molar-refractivity contribution in [3.8, 4) is 0 Å². The SMILES string of the molecule is C/C=N/OC(C)CCc1ccccc1C.CC. The molecule has 0 bridgehead atoms. The molecule has 0 radical (unpaired) electrons. The summed E-state index contributed by atoms with van der Waals surface area (Å²) >= 11 is 0. The van der Waals surface area contributed by atoms with Crippen molar-refractivity contribution >= 4 is 6.21 Å². The maximum Gasteiger partial charge on any atom is 0.125 e. The number of nitrogens with zero attached hydrogens (tertiary/aromatic N) is 1. The highest BCUT2D eigenvalue weighted by Crippen LogP contribution is 2.11. The highest BCUT2D eigenvalue weighted by atomic mass is 16.6. The van der Waals surface area contributed by atoms with Crippen LogP contribution in [0, 0.1) is 6.92 Å². The molecular formula is C15H25NO. The van der Waals surface area contributed by atoms with Gasteiger partial charge < -0.3 is 4.84 Å². The summed E-state index contributed by atoms with van der Waals surface area (Å²) in [5, 5.41) is 3.78. The first-order valence-electron chi connectivity index (χ1n) is 6.42. The van der Waals surface area contributed by atoms with Crippen LogP contribution >= 0.6 is 0 Å². The van der Waals surface area contributed by atoms with Crippen LogP contribution < -0.4 is 0 Å². The Kier molecular flexibility index (Phi) is 9.12. The second kappa shape index (κ2) is 9.88. The van der Waals surface area contributed by atoms with Gasteiger partial charge in [-0.2, -0.15) is 0 Å². The van der Waals surface area contributed by atoms with Gasteiger partial charge in [-0.3, -0.25) is 0 Å². The van der Waals surface area contributed by atoms with Gasteiger partial charge in [-0.05, 0) is 44.7 Å². The van der Waals surface area contributed by atoms with Crippen molar-refractivity contribution in [2.45, 2.75) is 53.6 Å². The van der Waals surface area contributed by atoms with Gasteiger partial charge in [0.15, 0.2) is 0 Å².